The van der Waals surface area contributed by atoms with Gasteiger partial charge in [-0.05, 0) is 38.0 Å². The van der Waals surface area contributed by atoms with Crippen LogP contribution in [0.4, 0.5) is 10.1 Å². The number of hydrogen-bond donors (Lipinski definition) is 1. The molecule has 2 heterocycles. The van der Waals surface area contributed by atoms with Crippen LogP contribution in [0.25, 0.3) is 0 Å². The number of benzene rings is 1. The molecule has 0 aliphatic carbocycles. The minimum absolute atomic E-state index is 0.0736. The molecule has 0 saturated carbocycles. The summed E-state index contributed by atoms with van der Waals surface area (Å²) < 4.78 is 20.3. The largest absolute Gasteiger partial charge is 0.372 e. The molecule has 1 fully saturated rings. The maximum Gasteiger partial charge on any atom is 0.263 e. The number of halogens is 1. The van der Waals surface area contributed by atoms with E-state index in [2.05, 4.69) is 10.3 Å². The molecule has 140 valence electrons. The fraction of sp³-hybridized carbons (Fsp3) is 0.474. The highest BCUT2D eigenvalue weighted by atomic mass is 32.1. The summed E-state index contributed by atoms with van der Waals surface area (Å²) in [6.45, 7) is 7.61. The van der Waals surface area contributed by atoms with E-state index in [-0.39, 0.29) is 30.5 Å². The molecule has 0 unspecified atom stereocenters. The highest BCUT2D eigenvalue weighted by Crippen LogP contribution is 2.24. The minimum atomic E-state index is -0.274. The summed E-state index contributed by atoms with van der Waals surface area (Å²) >= 11 is 1.39. The van der Waals surface area contributed by atoms with Crippen LogP contribution >= 0.6 is 11.3 Å². The number of thiazole rings is 1. The van der Waals surface area contributed by atoms with E-state index >= 15 is 0 Å². The Morgan fingerprint density at radius 1 is 1.38 bits per heavy atom. The number of nitrogens with zero attached hydrogens (tertiary/aromatic N) is 2. The van der Waals surface area contributed by atoms with Gasteiger partial charge < -0.3 is 15.0 Å². The van der Waals surface area contributed by atoms with Crippen molar-refractivity contribution in [1.29, 1.82) is 0 Å². The smallest absolute Gasteiger partial charge is 0.263 e. The van der Waals surface area contributed by atoms with Gasteiger partial charge in [-0.2, -0.15) is 0 Å². The van der Waals surface area contributed by atoms with Gasteiger partial charge in [0, 0.05) is 19.6 Å². The third-order valence-electron chi connectivity index (χ3n) is 4.31. The molecule has 0 bridgehead atoms. The Labute approximate surface area is 157 Å². The van der Waals surface area contributed by atoms with Gasteiger partial charge in [0.1, 0.15) is 10.7 Å². The van der Waals surface area contributed by atoms with Crippen LogP contribution in [0.15, 0.2) is 24.4 Å². The fourth-order valence-electron chi connectivity index (χ4n) is 3.14. The summed E-state index contributed by atoms with van der Waals surface area (Å²) in [7, 11) is 0. The summed E-state index contributed by atoms with van der Waals surface area (Å²) in [6, 6.07) is 5.13. The predicted molar refractivity (Wildman–Crippen MR) is 101 cm³/mol. The number of nitrogens with one attached hydrogen (secondary N) is 1. The summed E-state index contributed by atoms with van der Waals surface area (Å²) in [6.07, 6.45) is 2.54. The van der Waals surface area contributed by atoms with Crippen molar-refractivity contribution in [3.05, 3.63) is 45.7 Å². The Kier molecular flexibility index (Phi) is 5.88. The van der Waals surface area contributed by atoms with Crippen LogP contribution in [0.3, 0.4) is 0 Å². The van der Waals surface area contributed by atoms with Crippen LogP contribution in [0.2, 0.25) is 0 Å². The maximum atomic E-state index is 14.6. The highest BCUT2D eigenvalue weighted by molar-refractivity contribution is 7.13. The number of carbonyl (C=O) groups is 1. The van der Waals surface area contributed by atoms with E-state index in [1.165, 1.54) is 17.4 Å². The van der Waals surface area contributed by atoms with Crippen LogP contribution < -0.4 is 10.2 Å². The van der Waals surface area contributed by atoms with E-state index in [1.54, 1.807) is 12.3 Å². The van der Waals surface area contributed by atoms with E-state index in [0.29, 0.717) is 23.7 Å². The summed E-state index contributed by atoms with van der Waals surface area (Å²) in [5.41, 5.74) is 1.31. The number of aromatic nitrogens is 1. The number of rotatable bonds is 5. The van der Waals surface area contributed by atoms with Crippen molar-refractivity contribution in [2.24, 2.45) is 0 Å². The number of amides is 1. The summed E-state index contributed by atoms with van der Waals surface area (Å²) in [4.78, 5) is 18.9. The third-order valence-corrected chi connectivity index (χ3v) is 5.45. The molecular formula is C19H24FN3O2S. The van der Waals surface area contributed by atoms with Gasteiger partial charge in [-0.3, -0.25) is 4.79 Å². The molecule has 26 heavy (non-hydrogen) atoms. The van der Waals surface area contributed by atoms with Crippen molar-refractivity contribution in [3.8, 4) is 0 Å². The molecule has 1 aliphatic heterocycles. The standard InChI is InChI=1S/C19H24FN3O2S/c1-4-18-21-9-17(26-18)19(24)22-8-14-5-6-16(15(20)7-14)23-10-12(2)25-13(3)11-23/h5-7,9,12-13H,4,8,10-11H2,1-3H3,(H,22,24)/t12-,13-/m1/s1. The number of ether oxygens (including phenoxy) is 1. The second kappa shape index (κ2) is 8.14. The van der Waals surface area contributed by atoms with Crippen LogP contribution in [0.5, 0.6) is 0 Å². The molecule has 1 N–H and O–H groups in total. The Bertz CT molecular complexity index is 770. The van der Waals surface area contributed by atoms with Crippen LogP contribution in [-0.4, -0.2) is 36.2 Å². The maximum absolute atomic E-state index is 14.6. The molecule has 3 rings (SSSR count). The molecule has 2 aromatic rings. The monoisotopic (exact) mass is 377 g/mol. The zero-order chi connectivity index (χ0) is 18.7. The second-order valence-electron chi connectivity index (χ2n) is 6.60. The molecule has 0 radical (unpaired) electrons. The molecule has 5 nitrogen and oxygen atoms in total. The van der Waals surface area contributed by atoms with Crippen molar-refractivity contribution in [2.75, 3.05) is 18.0 Å². The molecule has 1 saturated heterocycles. The number of aryl methyl sites for hydroxylation is 1. The molecule has 1 amide bonds. The quantitative estimate of drug-likeness (QED) is 0.868. The Hall–Kier alpha value is -1.99. The van der Waals surface area contributed by atoms with Gasteiger partial charge in [0.15, 0.2) is 0 Å². The number of hydrogen-bond acceptors (Lipinski definition) is 5. The first-order chi connectivity index (χ1) is 12.5. The molecule has 1 aromatic heterocycles. The topological polar surface area (TPSA) is 54.5 Å². The normalized spacial score (nSPS) is 20.2. The first kappa shape index (κ1) is 18.8. The number of morpholine rings is 1. The lowest BCUT2D eigenvalue weighted by molar-refractivity contribution is -0.00539. The van der Waals surface area contributed by atoms with Crippen molar-refractivity contribution in [1.82, 2.24) is 10.3 Å². The predicted octanol–water partition coefficient (Wildman–Crippen LogP) is 3.39. The Morgan fingerprint density at radius 2 is 2.12 bits per heavy atom. The van der Waals surface area contributed by atoms with Gasteiger partial charge >= 0.3 is 0 Å². The van der Waals surface area contributed by atoms with Gasteiger partial charge in [0.05, 0.1) is 29.1 Å². The van der Waals surface area contributed by atoms with Crippen LogP contribution in [0.1, 0.15) is 41.0 Å². The van der Waals surface area contributed by atoms with Crippen LogP contribution in [0, 0.1) is 5.82 Å². The van der Waals surface area contributed by atoms with Gasteiger partial charge in [0.2, 0.25) is 0 Å². The summed E-state index contributed by atoms with van der Waals surface area (Å²) in [5, 5.41) is 3.75. The number of anilines is 1. The van der Waals surface area contributed by atoms with Crippen molar-refractivity contribution in [2.45, 2.75) is 45.9 Å². The molecule has 0 spiro atoms. The van der Waals surface area contributed by atoms with E-state index in [4.69, 9.17) is 4.74 Å². The molecule has 1 aliphatic rings. The Morgan fingerprint density at radius 3 is 2.73 bits per heavy atom. The van der Waals surface area contributed by atoms with Crippen LogP contribution in [-0.2, 0) is 17.7 Å². The van der Waals surface area contributed by atoms with Crippen molar-refractivity contribution < 1.29 is 13.9 Å². The lowest BCUT2D eigenvalue weighted by Crippen LogP contribution is -2.45. The molecule has 7 heteroatoms. The molecule has 1 aromatic carbocycles. The average Bonchev–Trinajstić information content (AvgIpc) is 3.08. The zero-order valence-corrected chi connectivity index (χ0v) is 16.1. The summed E-state index contributed by atoms with van der Waals surface area (Å²) in [5.74, 6) is -0.452. The first-order valence-electron chi connectivity index (χ1n) is 8.88. The van der Waals surface area contributed by atoms with Gasteiger partial charge in [-0.1, -0.05) is 13.0 Å². The average molecular weight is 377 g/mol. The minimum Gasteiger partial charge on any atom is -0.372 e. The third kappa shape index (κ3) is 4.40. The van der Waals surface area contributed by atoms with E-state index in [0.717, 1.165) is 17.0 Å². The van der Waals surface area contributed by atoms with Crippen molar-refractivity contribution in [3.63, 3.8) is 0 Å². The van der Waals surface area contributed by atoms with Gasteiger partial charge in [-0.15, -0.1) is 11.3 Å². The zero-order valence-electron chi connectivity index (χ0n) is 15.3. The second-order valence-corrected chi connectivity index (χ2v) is 7.72. The van der Waals surface area contributed by atoms with Gasteiger partial charge in [0.25, 0.3) is 5.91 Å². The lowest BCUT2D eigenvalue weighted by Gasteiger charge is -2.37. The Balaban J connectivity index is 1.63. The number of carbonyl (C=O) groups excluding carboxylic acids is 1. The highest BCUT2D eigenvalue weighted by Gasteiger charge is 2.24. The first-order valence-corrected chi connectivity index (χ1v) is 9.69. The fourth-order valence-corrected chi connectivity index (χ4v) is 3.91. The van der Waals surface area contributed by atoms with E-state index in [9.17, 15) is 9.18 Å². The van der Waals surface area contributed by atoms with E-state index in [1.807, 2.05) is 31.7 Å². The van der Waals surface area contributed by atoms with Crippen molar-refractivity contribution >= 4 is 22.9 Å². The lowest BCUT2D eigenvalue weighted by atomic mass is 10.1. The van der Waals surface area contributed by atoms with E-state index < -0.39 is 0 Å². The molecular weight excluding hydrogens is 353 g/mol. The molecule has 2 atom stereocenters. The SMILES string of the molecule is CCc1ncc(C(=O)NCc2ccc(N3C[C@@H](C)O[C@H](C)C3)c(F)c2)s1. The van der Waals surface area contributed by atoms with Gasteiger partial charge in [-0.25, -0.2) is 9.37 Å².